The predicted octanol–water partition coefficient (Wildman–Crippen LogP) is 0.867. The summed E-state index contributed by atoms with van der Waals surface area (Å²) in [5.41, 5.74) is 0.810. The van der Waals surface area contributed by atoms with Gasteiger partial charge in [-0.25, -0.2) is 4.98 Å². The fraction of sp³-hybridized carbons (Fsp3) is 0.444. The molecule has 0 aliphatic heterocycles. The molecule has 3 nitrogen and oxygen atoms in total. The van der Waals surface area contributed by atoms with Gasteiger partial charge in [0.2, 0.25) is 0 Å². The summed E-state index contributed by atoms with van der Waals surface area (Å²) < 4.78 is 1.79. The number of imidazole rings is 1. The summed E-state index contributed by atoms with van der Waals surface area (Å²) in [6.07, 6.45) is 9.09. The van der Waals surface area contributed by atoms with Crippen molar-refractivity contribution in [2.24, 2.45) is 7.05 Å². The molecule has 3 heteroatoms. The average molecular weight is 164 g/mol. The molecule has 1 rings (SSSR count). The van der Waals surface area contributed by atoms with Crippen molar-refractivity contribution in [2.75, 3.05) is 0 Å². The quantitative estimate of drug-likeness (QED) is 0.673. The molecule has 0 amide bonds. The molecule has 1 atom stereocenters. The summed E-state index contributed by atoms with van der Waals surface area (Å²) in [5.74, 6) is 2.49. The van der Waals surface area contributed by atoms with Crippen LogP contribution in [0, 0.1) is 12.3 Å². The van der Waals surface area contributed by atoms with Crippen molar-refractivity contribution < 1.29 is 5.11 Å². The fourth-order valence-corrected chi connectivity index (χ4v) is 1.06. The van der Waals surface area contributed by atoms with E-state index in [1.54, 1.807) is 17.1 Å². The third-order valence-corrected chi connectivity index (χ3v) is 1.76. The van der Waals surface area contributed by atoms with Crippen LogP contribution in [0.2, 0.25) is 0 Å². The van der Waals surface area contributed by atoms with E-state index in [2.05, 4.69) is 10.9 Å². The molecule has 0 bridgehead atoms. The van der Waals surface area contributed by atoms with Crippen molar-refractivity contribution in [3.63, 3.8) is 0 Å². The number of aromatic nitrogens is 2. The molecule has 1 aromatic rings. The van der Waals surface area contributed by atoms with E-state index in [1.807, 2.05) is 7.05 Å². The number of nitrogens with zero attached hydrogens (tertiary/aromatic N) is 2. The maximum absolute atomic E-state index is 9.56. The zero-order chi connectivity index (χ0) is 8.97. The highest BCUT2D eigenvalue weighted by molar-refractivity contribution is 5.02. The Kier molecular flexibility index (Phi) is 2.89. The van der Waals surface area contributed by atoms with Crippen LogP contribution < -0.4 is 0 Å². The third-order valence-electron chi connectivity index (χ3n) is 1.76. The van der Waals surface area contributed by atoms with Gasteiger partial charge in [0.1, 0.15) is 0 Å². The van der Waals surface area contributed by atoms with Gasteiger partial charge in [-0.05, 0) is 6.42 Å². The Bertz CT molecular complexity index is 285. The Balaban J connectivity index is 2.60. The van der Waals surface area contributed by atoms with Crippen molar-refractivity contribution in [1.82, 2.24) is 9.55 Å². The molecular formula is C9H12N2O. The van der Waals surface area contributed by atoms with E-state index in [4.69, 9.17) is 6.42 Å². The van der Waals surface area contributed by atoms with Gasteiger partial charge in [0.15, 0.2) is 0 Å². The molecule has 0 aromatic carbocycles. The largest absolute Gasteiger partial charge is 0.387 e. The van der Waals surface area contributed by atoms with Crippen LogP contribution in [0.15, 0.2) is 12.5 Å². The number of aliphatic hydroxyl groups excluding tert-OH is 1. The number of hydrogen-bond acceptors (Lipinski definition) is 2. The van der Waals surface area contributed by atoms with Gasteiger partial charge in [-0.3, -0.25) is 0 Å². The highest BCUT2D eigenvalue weighted by Crippen LogP contribution is 2.15. The molecule has 0 fully saturated rings. The normalized spacial score (nSPS) is 12.4. The van der Waals surface area contributed by atoms with Gasteiger partial charge in [0.25, 0.3) is 0 Å². The molecule has 1 unspecified atom stereocenters. The van der Waals surface area contributed by atoms with E-state index in [1.165, 1.54) is 0 Å². The highest BCUT2D eigenvalue weighted by atomic mass is 16.3. The molecule has 64 valence electrons. The molecular weight excluding hydrogens is 152 g/mol. The minimum Gasteiger partial charge on any atom is -0.387 e. The van der Waals surface area contributed by atoms with Gasteiger partial charge in [-0.1, -0.05) is 0 Å². The van der Waals surface area contributed by atoms with Gasteiger partial charge in [0.05, 0.1) is 24.3 Å². The SMILES string of the molecule is C#CCCC(O)c1cncn1C. The zero-order valence-electron chi connectivity index (χ0n) is 7.07. The molecule has 0 radical (unpaired) electrons. The standard InChI is InChI=1S/C9H12N2O/c1-3-4-5-9(12)8-6-10-7-11(8)2/h1,6-7,9,12H,4-5H2,2H3. The van der Waals surface area contributed by atoms with Crippen LogP contribution in [0.3, 0.4) is 0 Å². The second-order valence-corrected chi connectivity index (χ2v) is 2.69. The Morgan fingerprint density at radius 3 is 3.08 bits per heavy atom. The van der Waals surface area contributed by atoms with E-state index in [0.29, 0.717) is 12.8 Å². The van der Waals surface area contributed by atoms with Crippen LogP contribution in [0.25, 0.3) is 0 Å². The average Bonchev–Trinajstić information content (AvgIpc) is 2.47. The second-order valence-electron chi connectivity index (χ2n) is 2.69. The summed E-state index contributed by atoms with van der Waals surface area (Å²) >= 11 is 0. The lowest BCUT2D eigenvalue weighted by atomic mass is 10.1. The summed E-state index contributed by atoms with van der Waals surface area (Å²) in [4.78, 5) is 3.90. The number of hydrogen-bond donors (Lipinski definition) is 1. The Morgan fingerprint density at radius 1 is 1.83 bits per heavy atom. The van der Waals surface area contributed by atoms with E-state index in [9.17, 15) is 5.11 Å². The van der Waals surface area contributed by atoms with Crippen LogP contribution in [-0.4, -0.2) is 14.7 Å². The lowest BCUT2D eigenvalue weighted by Crippen LogP contribution is -2.02. The van der Waals surface area contributed by atoms with Gasteiger partial charge >= 0.3 is 0 Å². The Morgan fingerprint density at radius 2 is 2.58 bits per heavy atom. The first-order valence-corrected chi connectivity index (χ1v) is 3.83. The fourth-order valence-electron chi connectivity index (χ4n) is 1.06. The van der Waals surface area contributed by atoms with Crippen LogP contribution in [0.1, 0.15) is 24.6 Å². The van der Waals surface area contributed by atoms with Crippen LogP contribution in [0.4, 0.5) is 0 Å². The smallest absolute Gasteiger partial charge is 0.0964 e. The van der Waals surface area contributed by atoms with E-state index in [-0.39, 0.29) is 0 Å². The summed E-state index contributed by atoms with van der Waals surface area (Å²) in [7, 11) is 1.85. The van der Waals surface area contributed by atoms with E-state index in [0.717, 1.165) is 5.69 Å². The van der Waals surface area contributed by atoms with Crippen LogP contribution in [-0.2, 0) is 7.05 Å². The molecule has 0 saturated heterocycles. The topological polar surface area (TPSA) is 38.1 Å². The molecule has 1 heterocycles. The van der Waals surface area contributed by atoms with Crippen LogP contribution >= 0.6 is 0 Å². The number of aliphatic hydroxyl groups is 1. The van der Waals surface area contributed by atoms with Crippen molar-refractivity contribution >= 4 is 0 Å². The van der Waals surface area contributed by atoms with E-state index >= 15 is 0 Å². The monoisotopic (exact) mass is 164 g/mol. The van der Waals surface area contributed by atoms with Crippen molar-refractivity contribution in [2.45, 2.75) is 18.9 Å². The molecule has 12 heavy (non-hydrogen) atoms. The number of aryl methyl sites for hydroxylation is 1. The first-order chi connectivity index (χ1) is 5.75. The maximum atomic E-state index is 9.56. The maximum Gasteiger partial charge on any atom is 0.0964 e. The van der Waals surface area contributed by atoms with Crippen molar-refractivity contribution in [3.8, 4) is 12.3 Å². The first-order valence-electron chi connectivity index (χ1n) is 3.83. The summed E-state index contributed by atoms with van der Waals surface area (Å²) in [6.45, 7) is 0. The zero-order valence-corrected chi connectivity index (χ0v) is 7.07. The van der Waals surface area contributed by atoms with Gasteiger partial charge in [0, 0.05) is 13.5 Å². The highest BCUT2D eigenvalue weighted by Gasteiger charge is 2.09. The van der Waals surface area contributed by atoms with Gasteiger partial charge in [-0.15, -0.1) is 12.3 Å². The molecule has 0 aliphatic carbocycles. The summed E-state index contributed by atoms with van der Waals surface area (Å²) in [5, 5.41) is 9.56. The third kappa shape index (κ3) is 1.86. The van der Waals surface area contributed by atoms with Crippen LogP contribution in [0.5, 0.6) is 0 Å². The van der Waals surface area contributed by atoms with Crippen molar-refractivity contribution in [3.05, 3.63) is 18.2 Å². The predicted molar refractivity (Wildman–Crippen MR) is 46.2 cm³/mol. The van der Waals surface area contributed by atoms with Gasteiger partial charge in [-0.2, -0.15) is 0 Å². The minimum absolute atomic E-state index is 0.492. The minimum atomic E-state index is -0.492. The van der Waals surface area contributed by atoms with Gasteiger partial charge < -0.3 is 9.67 Å². The molecule has 0 saturated carbocycles. The molecule has 1 aromatic heterocycles. The molecule has 0 aliphatic rings. The Labute approximate surface area is 72.1 Å². The number of rotatable bonds is 3. The Hall–Kier alpha value is -1.27. The van der Waals surface area contributed by atoms with Crippen molar-refractivity contribution in [1.29, 1.82) is 0 Å². The first kappa shape index (κ1) is 8.82. The summed E-state index contributed by atoms with van der Waals surface area (Å²) in [6, 6.07) is 0. The number of terminal acetylenes is 1. The molecule has 1 N–H and O–H groups in total. The molecule has 0 spiro atoms. The lowest BCUT2D eigenvalue weighted by molar-refractivity contribution is 0.161. The second kappa shape index (κ2) is 3.93. The lowest BCUT2D eigenvalue weighted by Gasteiger charge is -2.08. The van der Waals surface area contributed by atoms with E-state index < -0.39 is 6.10 Å².